The number of carbonyl (C=O) groups excluding carboxylic acids is 2. The molecule has 0 spiro atoms. The molecule has 0 aliphatic carbocycles. The first-order valence-electron chi connectivity index (χ1n) is 10.1. The van der Waals surface area contributed by atoms with Crippen molar-refractivity contribution in [3.63, 3.8) is 0 Å². The third-order valence-electron chi connectivity index (χ3n) is 5.19. The van der Waals surface area contributed by atoms with Crippen LogP contribution in [0.4, 0.5) is 0 Å². The summed E-state index contributed by atoms with van der Waals surface area (Å²) in [5.41, 5.74) is 2.78. The van der Waals surface area contributed by atoms with Crippen molar-refractivity contribution in [3.05, 3.63) is 82.6 Å². The van der Waals surface area contributed by atoms with Gasteiger partial charge in [0.1, 0.15) is 0 Å². The fraction of sp³-hybridized carbons (Fsp3) is 0.261. The van der Waals surface area contributed by atoms with Crippen molar-refractivity contribution in [1.29, 1.82) is 0 Å². The number of halogens is 1. The first-order valence-corrected chi connectivity index (χ1v) is 10.4. The summed E-state index contributed by atoms with van der Waals surface area (Å²) in [6, 6.07) is 14.7. The molecule has 7 heteroatoms. The van der Waals surface area contributed by atoms with E-state index in [4.69, 9.17) is 11.6 Å². The molecule has 1 N–H and O–H groups in total. The monoisotopic (exact) mass is 422 g/mol. The second kappa shape index (κ2) is 9.13. The van der Waals surface area contributed by atoms with Crippen molar-refractivity contribution in [2.45, 2.75) is 25.8 Å². The number of likely N-dealkylation sites (tertiary alicyclic amines) is 1. The van der Waals surface area contributed by atoms with Crippen molar-refractivity contribution in [2.24, 2.45) is 0 Å². The van der Waals surface area contributed by atoms with Gasteiger partial charge in [-0.15, -0.1) is 0 Å². The lowest BCUT2D eigenvalue weighted by molar-refractivity contribution is 0.0724. The Labute approximate surface area is 180 Å². The van der Waals surface area contributed by atoms with E-state index in [1.165, 1.54) is 12.6 Å². The van der Waals surface area contributed by atoms with E-state index in [0.29, 0.717) is 22.7 Å². The molecule has 6 nitrogen and oxygen atoms in total. The van der Waals surface area contributed by atoms with E-state index in [1.54, 1.807) is 23.0 Å². The van der Waals surface area contributed by atoms with E-state index in [-0.39, 0.29) is 11.8 Å². The quantitative estimate of drug-likeness (QED) is 0.673. The Hall–Kier alpha value is -3.12. The molecular weight excluding hydrogens is 400 g/mol. The van der Waals surface area contributed by atoms with Gasteiger partial charge < -0.3 is 10.2 Å². The van der Waals surface area contributed by atoms with Gasteiger partial charge in [0, 0.05) is 36.4 Å². The highest BCUT2D eigenvalue weighted by molar-refractivity contribution is 6.30. The first kappa shape index (κ1) is 20.2. The second-order valence-corrected chi connectivity index (χ2v) is 7.83. The molecule has 0 radical (unpaired) electrons. The maximum absolute atomic E-state index is 12.7. The maximum Gasteiger partial charge on any atom is 0.254 e. The number of rotatable bonds is 5. The van der Waals surface area contributed by atoms with Gasteiger partial charge in [-0.1, -0.05) is 29.8 Å². The predicted molar refractivity (Wildman–Crippen MR) is 116 cm³/mol. The minimum absolute atomic E-state index is 0.0608. The lowest BCUT2D eigenvalue weighted by Gasteiger charge is -2.26. The molecule has 1 fully saturated rings. The molecule has 0 unspecified atom stereocenters. The van der Waals surface area contributed by atoms with Crippen LogP contribution in [-0.4, -0.2) is 39.6 Å². The molecule has 0 saturated carbocycles. The van der Waals surface area contributed by atoms with Crippen molar-refractivity contribution < 1.29 is 9.59 Å². The third kappa shape index (κ3) is 4.71. The van der Waals surface area contributed by atoms with Crippen LogP contribution in [0.5, 0.6) is 0 Å². The number of amides is 2. The zero-order valence-corrected chi connectivity index (χ0v) is 17.3. The van der Waals surface area contributed by atoms with E-state index in [9.17, 15) is 9.59 Å². The summed E-state index contributed by atoms with van der Waals surface area (Å²) in [6.45, 7) is 1.97. The van der Waals surface area contributed by atoms with Crippen molar-refractivity contribution in [3.8, 4) is 5.69 Å². The van der Waals surface area contributed by atoms with Crippen LogP contribution in [0.15, 0.2) is 60.9 Å². The highest BCUT2D eigenvalue weighted by Gasteiger charge is 2.18. The zero-order chi connectivity index (χ0) is 20.9. The third-order valence-corrected chi connectivity index (χ3v) is 5.42. The molecule has 1 aromatic heterocycles. The summed E-state index contributed by atoms with van der Waals surface area (Å²) < 4.78 is 1.61. The normalized spacial score (nSPS) is 13.8. The summed E-state index contributed by atoms with van der Waals surface area (Å²) in [6.07, 6.45) is 6.49. The molecule has 2 amide bonds. The molecule has 154 valence electrons. The van der Waals surface area contributed by atoms with Crippen LogP contribution in [-0.2, 0) is 6.54 Å². The number of aromatic nitrogens is 2. The van der Waals surface area contributed by atoms with Gasteiger partial charge in [-0.3, -0.25) is 9.59 Å². The van der Waals surface area contributed by atoms with Gasteiger partial charge in [-0.25, -0.2) is 4.68 Å². The number of hydrogen-bond acceptors (Lipinski definition) is 3. The molecular formula is C23H23ClN4O2. The van der Waals surface area contributed by atoms with Gasteiger partial charge >= 0.3 is 0 Å². The SMILES string of the molecule is O=C(NCc1cccc(C(=O)N2CCCCC2)c1)c1cnn(-c2cccc(Cl)c2)c1. The van der Waals surface area contributed by atoms with Gasteiger partial charge in [0.25, 0.3) is 11.8 Å². The summed E-state index contributed by atoms with van der Waals surface area (Å²) in [5.74, 6) is -0.165. The number of hydrogen-bond donors (Lipinski definition) is 1. The summed E-state index contributed by atoms with van der Waals surface area (Å²) in [4.78, 5) is 27.1. The van der Waals surface area contributed by atoms with Gasteiger partial charge in [0.15, 0.2) is 0 Å². The van der Waals surface area contributed by atoms with E-state index >= 15 is 0 Å². The lowest BCUT2D eigenvalue weighted by atomic mass is 10.1. The van der Waals surface area contributed by atoms with Crippen molar-refractivity contribution in [2.75, 3.05) is 13.1 Å². The Morgan fingerprint density at radius 1 is 1.00 bits per heavy atom. The van der Waals surface area contributed by atoms with E-state index in [0.717, 1.165) is 37.2 Å². The number of nitrogens with zero attached hydrogens (tertiary/aromatic N) is 3. The van der Waals surface area contributed by atoms with Gasteiger partial charge in [0.05, 0.1) is 17.4 Å². The zero-order valence-electron chi connectivity index (χ0n) is 16.6. The Balaban J connectivity index is 1.39. The lowest BCUT2D eigenvalue weighted by Crippen LogP contribution is -2.35. The number of piperidine rings is 1. The number of nitrogens with one attached hydrogen (secondary N) is 1. The molecule has 1 aliphatic heterocycles. The molecule has 30 heavy (non-hydrogen) atoms. The summed E-state index contributed by atoms with van der Waals surface area (Å²) in [5, 5.41) is 7.74. The molecule has 0 atom stereocenters. The number of carbonyl (C=O) groups is 2. The van der Waals surface area contributed by atoms with Crippen molar-refractivity contribution in [1.82, 2.24) is 20.0 Å². The Kier molecular flexibility index (Phi) is 6.14. The largest absolute Gasteiger partial charge is 0.348 e. The van der Waals surface area contributed by atoms with Crippen LogP contribution in [0.2, 0.25) is 5.02 Å². The Bertz CT molecular complexity index is 1060. The standard InChI is InChI=1S/C23H23ClN4O2/c24-20-8-5-9-21(13-20)28-16-19(15-26-28)22(29)25-14-17-6-4-7-18(12-17)23(30)27-10-2-1-3-11-27/h4-9,12-13,15-16H,1-3,10-11,14H2,(H,25,29). The fourth-order valence-electron chi connectivity index (χ4n) is 3.58. The van der Waals surface area contributed by atoms with E-state index < -0.39 is 0 Å². The average Bonchev–Trinajstić information content (AvgIpc) is 3.28. The maximum atomic E-state index is 12.7. The summed E-state index contributed by atoms with van der Waals surface area (Å²) >= 11 is 6.02. The topological polar surface area (TPSA) is 67.2 Å². The Morgan fingerprint density at radius 3 is 2.60 bits per heavy atom. The molecule has 1 aliphatic rings. The molecule has 0 bridgehead atoms. The first-order chi connectivity index (χ1) is 14.6. The predicted octanol–water partition coefficient (Wildman–Crippen LogP) is 4.08. The van der Waals surface area contributed by atoms with Gasteiger partial charge in [0.2, 0.25) is 0 Å². The smallest absolute Gasteiger partial charge is 0.254 e. The average molecular weight is 423 g/mol. The fourth-order valence-corrected chi connectivity index (χ4v) is 3.76. The van der Waals surface area contributed by atoms with Crippen LogP contribution < -0.4 is 5.32 Å². The van der Waals surface area contributed by atoms with E-state index in [2.05, 4.69) is 10.4 Å². The van der Waals surface area contributed by atoms with Crippen molar-refractivity contribution >= 4 is 23.4 Å². The van der Waals surface area contributed by atoms with Crippen LogP contribution in [0.25, 0.3) is 5.69 Å². The molecule has 1 saturated heterocycles. The van der Waals surface area contributed by atoms with Crippen LogP contribution in [0, 0.1) is 0 Å². The minimum Gasteiger partial charge on any atom is -0.348 e. The van der Waals surface area contributed by atoms with Crippen LogP contribution in [0.1, 0.15) is 45.5 Å². The molecule has 3 aromatic rings. The molecule has 2 aromatic carbocycles. The summed E-state index contributed by atoms with van der Waals surface area (Å²) in [7, 11) is 0. The minimum atomic E-state index is -0.226. The van der Waals surface area contributed by atoms with Crippen LogP contribution >= 0.6 is 11.6 Å². The Morgan fingerprint density at radius 2 is 1.80 bits per heavy atom. The molecule has 2 heterocycles. The van der Waals surface area contributed by atoms with Crippen LogP contribution in [0.3, 0.4) is 0 Å². The van der Waals surface area contributed by atoms with E-state index in [1.807, 2.05) is 41.3 Å². The number of benzene rings is 2. The molecule has 4 rings (SSSR count). The highest BCUT2D eigenvalue weighted by atomic mass is 35.5. The highest BCUT2D eigenvalue weighted by Crippen LogP contribution is 2.16. The second-order valence-electron chi connectivity index (χ2n) is 7.39. The van der Waals surface area contributed by atoms with Gasteiger partial charge in [-0.2, -0.15) is 5.10 Å². The van der Waals surface area contributed by atoms with Gasteiger partial charge in [-0.05, 0) is 55.2 Å².